The van der Waals surface area contributed by atoms with Gasteiger partial charge in [0.25, 0.3) is 0 Å². The largest absolute Gasteiger partial charge is 0.481 e. The van der Waals surface area contributed by atoms with Gasteiger partial charge in [0, 0.05) is 18.6 Å². The zero-order valence-electron chi connectivity index (χ0n) is 11.8. The molecule has 0 saturated carbocycles. The third-order valence-electron chi connectivity index (χ3n) is 3.73. The summed E-state index contributed by atoms with van der Waals surface area (Å²) in [6.45, 7) is 1.09. The predicted molar refractivity (Wildman–Crippen MR) is 76.6 cm³/mol. The minimum Gasteiger partial charge on any atom is -0.481 e. The summed E-state index contributed by atoms with van der Waals surface area (Å²) in [7, 11) is 0. The van der Waals surface area contributed by atoms with Crippen molar-refractivity contribution in [3.63, 3.8) is 0 Å². The third-order valence-corrected chi connectivity index (χ3v) is 3.73. The second-order valence-corrected chi connectivity index (χ2v) is 5.46. The molecule has 1 aromatic rings. The van der Waals surface area contributed by atoms with Gasteiger partial charge in [-0.05, 0) is 18.4 Å². The molecule has 0 bridgehead atoms. The van der Waals surface area contributed by atoms with Crippen LogP contribution in [0.5, 0.6) is 0 Å². The van der Waals surface area contributed by atoms with Gasteiger partial charge in [-0.25, -0.2) is 4.79 Å². The second kappa shape index (κ2) is 6.58. The molecule has 1 aliphatic heterocycles. The lowest BCUT2D eigenvalue weighted by atomic mass is 9.86. The van der Waals surface area contributed by atoms with Crippen molar-refractivity contribution >= 4 is 12.1 Å². The number of carbonyl (C=O) groups is 2. The van der Waals surface area contributed by atoms with E-state index in [-0.39, 0.29) is 19.1 Å². The zero-order chi connectivity index (χ0) is 15.3. The number of ether oxygens (including phenoxy) is 1. The van der Waals surface area contributed by atoms with Gasteiger partial charge in [0.05, 0.1) is 6.42 Å². The Morgan fingerprint density at radius 2 is 1.86 bits per heavy atom. The van der Waals surface area contributed by atoms with E-state index in [4.69, 9.17) is 15.6 Å². The van der Waals surface area contributed by atoms with Crippen LogP contribution in [0.1, 0.15) is 24.8 Å². The summed E-state index contributed by atoms with van der Waals surface area (Å²) in [6.07, 6.45) is 0.496. The second-order valence-electron chi connectivity index (χ2n) is 5.46. The summed E-state index contributed by atoms with van der Waals surface area (Å²) < 4.78 is 5.25. The number of benzene rings is 1. The quantitative estimate of drug-likeness (QED) is 0.879. The molecule has 21 heavy (non-hydrogen) atoms. The van der Waals surface area contributed by atoms with Crippen molar-refractivity contribution in [3.8, 4) is 0 Å². The van der Waals surface area contributed by atoms with Gasteiger partial charge in [-0.3, -0.25) is 4.79 Å². The van der Waals surface area contributed by atoms with Gasteiger partial charge < -0.3 is 20.5 Å². The molecule has 6 nitrogen and oxygen atoms in total. The maximum absolute atomic E-state index is 12.0. The Labute approximate surface area is 123 Å². The Bertz CT molecular complexity index is 496. The number of nitrogens with two attached hydrogens (primary N) is 1. The maximum atomic E-state index is 12.0. The van der Waals surface area contributed by atoms with Gasteiger partial charge in [0.2, 0.25) is 0 Å². The van der Waals surface area contributed by atoms with Crippen LogP contribution in [0.3, 0.4) is 0 Å². The molecule has 1 aliphatic rings. The zero-order valence-corrected chi connectivity index (χ0v) is 11.8. The Hall–Kier alpha value is -2.08. The number of carbonyl (C=O) groups excluding carboxylic acids is 1. The van der Waals surface area contributed by atoms with Crippen molar-refractivity contribution in [1.82, 2.24) is 4.90 Å². The molecule has 1 heterocycles. The molecule has 0 atom stereocenters. The number of carboxylic acid groups (broad SMARTS) is 1. The highest BCUT2D eigenvalue weighted by atomic mass is 16.6. The van der Waals surface area contributed by atoms with Gasteiger partial charge in [0.15, 0.2) is 0 Å². The first-order chi connectivity index (χ1) is 9.98. The fourth-order valence-corrected chi connectivity index (χ4v) is 2.42. The van der Waals surface area contributed by atoms with E-state index in [9.17, 15) is 9.59 Å². The number of piperidine rings is 1. The molecule has 1 amide bonds. The number of amides is 1. The number of nitrogens with zero attached hydrogens (tertiary/aromatic N) is 1. The van der Waals surface area contributed by atoms with Crippen LogP contribution in [0.15, 0.2) is 30.3 Å². The summed E-state index contributed by atoms with van der Waals surface area (Å²) >= 11 is 0. The number of hydrogen-bond acceptors (Lipinski definition) is 4. The molecule has 0 radical (unpaired) electrons. The molecule has 0 spiro atoms. The van der Waals surface area contributed by atoms with Gasteiger partial charge >= 0.3 is 12.1 Å². The Balaban J connectivity index is 1.79. The third kappa shape index (κ3) is 4.46. The van der Waals surface area contributed by atoms with Crippen molar-refractivity contribution in [2.75, 3.05) is 13.1 Å². The van der Waals surface area contributed by atoms with E-state index in [1.54, 1.807) is 4.90 Å². The highest BCUT2D eigenvalue weighted by Crippen LogP contribution is 2.23. The van der Waals surface area contributed by atoms with Gasteiger partial charge in [-0.2, -0.15) is 0 Å². The van der Waals surface area contributed by atoms with Crippen LogP contribution in [0.2, 0.25) is 0 Å². The van der Waals surface area contributed by atoms with Gasteiger partial charge in [-0.15, -0.1) is 0 Å². The van der Waals surface area contributed by atoms with Crippen molar-refractivity contribution in [1.29, 1.82) is 0 Å². The summed E-state index contributed by atoms with van der Waals surface area (Å²) in [5.41, 5.74) is 6.24. The minimum atomic E-state index is -0.905. The van der Waals surface area contributed by atoms with E-state index in [0.29, 0.717) is 25.9 Å². The summed E-state index contributed by atoms with van der Waals surface area (Å²) in [5, 5.41) is 8.83. The van der Waals surface area contributed by atoms with E-state index in [2.05, 4.69) is 0 Å². The molecule has 0 unspecified atom stereocenters. The van der Waals surface area contributed by atoms with Crippen LogP contribution in [0.25, 0.3) is 0 Å². The number of aliphatic carboxylic acids is 1. The van der Waals surface area contributed by atoms with E-state index in [0.717, 1.165) is 5.56 Å². The van der Waals surface area contributed by atoms with Crippen LogP contribution < -0.4 is 5.73 Å². The van der Waals surface area contributed by atoms with Crippen LogP contribution in [-0.2, 0) is 16.1 Å². The normalized spacial score (nSPS) is 17.3. The van der Waals surface area contributed by atoms with Gasteiger partial charge in [0.1, 0.15) is 6.61 Å². The molecular weight excluding hydrogens is 272 g/mol. The monoisotopic (exact) mass is 292 g/mol. The minimum absolute atomic E-state index is 0.0695. The van der Waals surface area contributed by atoms with Crippen LogP contribution >= 0.6 is 0 Å². The van der Waals surface area contributed by atoms with Crippen LogP contribution in [0.4, 0.5) is 4.79 Å². The number of likely N-dealkylation sites (tertiary alicyclic amines) is 1. The van der Waals surface area contributed by atoms with Crippen molar-refractivity contribution in [3.05, 3.63) is 35.9 Å². The molecule has 114 valence electrons. The fourth-order valence-electron chi connectivity index (χ4n) is 2.42. The standard InChI is InChI=1S/C15H20N2O4/c16-15(10-13(18)19)6-8-17(9-7-15)14(20)21-11-12-4-2-1-3-5-12/h1-5H,6-11,16H2,(H,18,19). The lowest BCUT2D eigenvalue weighted by Crippen LogP contribution is -2.52. The molecular formula is C15H20N2O4. The molecule has 3 N–H and O–H groups in total. The van der Waals surface area contributed by atoms with Crippen molar-refractivity contribution < 1.29 is 19.4 Å². The predicted octanol–water partition coefficient (Wildman–Crippen LogP) is 1.59. The summed E-state index contributed by atoms with van der Waals surface area (Å²) in [5.74, 6) is -0.905. The molecule has 1 fully saturated rings. The molecule has 1 aromatic carbocycles. The Morgan fingerprint density at radius 3 is 2.43 bits per heavy atom. The van der Waals surface area contributed by atoms with Crippen molar-refractivity contribution in [2.45, 2.75) is 31.4 Å². The molecule has 0 aromatic heterocycles. The molecule has 0 aliphatic carbocycles. The Morgan fingerprint density at radius 1 is 1.24 bits per heavy atom. The first kappa shape index (κ1) is 15.3. The first-order valence-corrected chi connectivity index (χ1v) is 6.95. The van der Waals surface area contributed by atoms with Crippen LogP contribution in [0, 0.1) is 0 Å². The SMILES string of the molecule is NC1(CC(=O)O)CCN(C(=O)OCc2ccccc2)CC1. The molecule has 6 heteroatoms. The van der Waals surface area contributed by atoms with E-state index in [1.807, 2.05) is 30.3 Å². The van der Waals surface area contributed by atoms with E-state index in [1.165, 1.54) is 0 Å². The fraction of sp³-hybridized carbons (Fsp3) is 0.467. The number of rotatable bonds is 4. The maximum Gasteiger partial charge on any atom is 0.410 e. The first-order valence-electron chi connectivity index (χ1n) is 6.95. The van der Waals surface area contributed by atoms with E-state index < -0.39 is 11.5 Å². The van der Waals surface area contributed by atoms with Crippen LogP contribution in [-0.4, -0.2) is 40.7 Å². The van der Waals surface area contributed by atoms with Gasteiger partial charge in [-0.1, -0.05) is 30.3 Å². The highest BCUT2D eigenvalue weighted by molar-refractivity contribution is 5.69. The lowest BCUT2D eigenvalue weighted by Gasteiger charge is -2.37. The number of hydrogen-bond donors (Lipinski definition) is 2. The number of carboxylic acids is 1. The lowest BCUT2D eigenvalue weighted by molar-refractivity contribution is -0.138. The smallest absolute Gasteiger partial charge is 0.410 e. The van der Waals surface area contributed by atoms with Crippen molar-refractivity contribution in [2.24, 2.45) is 5.73 Å². The van der Waals surface area contributed by atoms with E-state index >= 15 is 0 Å². The average molecular weight is 292 g/mol. The summed E-state index contributed by atoms with van der Waals surface area (Å²) in [4.78, 5) is 24.3. The molecule has 1 saturated heterocycles. The topological polar surface area (TPSA) is 92.9 Å². The Kier molecular flexibility index (Phi) is 4.80. The summed E-state index contributed by atoms with van der Waals surface area (Å²) in [6, 6.07) is 9.46. The average Bonchev–Trinajstić information content (AvgIpc) is 2.45. The molecule has 2 rings (SSSR count). The highest BCUT2D eigenvalue weighted by Gasteiger charge is 2.34.